The molecule has 0 spiro atoms. The van der Waals surface area contributed by atoms with Crippen LogP contribution >= 0.6 is 0 Å². The maximum atomic E-state index is 8.03. The van der Waals surface area contributed by atoms with E-state index in [0.29, 0.717) is 11.4 Å². The van der Waals surface area contributed by atoms with Crippen LogP contribution in [0.25, 0.3) is 0 Å². The molecule has 3 N–H and O–H groups in total. The van der Waals surface area contributed by atoms with Gasteiger partial charge in [-0.15, -0.1) is 0 Å². The lowest BCUT2D eigenvalue weighted by molar-refractivity contribution is 0.313. The summed E-state index contributed by atoms with van der Waals surface area (Å²) >= 11 is 0. The van der Waals surface area contributed by atoms with Crippen LogP contribution in [0.1, 0.15) is 13.8 Å². The molecule has 0 fully saturated rings. The summed E-state index contributed by atoms with van der Waals surface area (Å²) in [5.41, 5.74) is 0.625. The highest BCUT2D eigenvalue weighted by Crippen LogP contribution is 1.79. The molecule has 5 nitrogen and oxygen atoms in total. The third-order valence-electron chi connectivity index (χ3n) is 0.824. The molecule has 0 bridgehead atoms. The topological polar surface area (TPSA) is 85.4 Å². The lowest BCUT2D eigenvalue weighted by Crippen LogP contribution is -2.04. The first-order valence-electron chi connectivity index (χ1n) is 2.54. The fraction of sp³-hybridized carbons (Fsp3) is 0.600. The van der Waals surface area contributed by atoms with Crippen LogP contribution in [-0.4, -0.2) is 34.1 Å². The summed E-state index contributed by atoms with van der Waals surface area (Å²) in [5, 5.41) is 28.6. The van der Waals surface area contributed by atoms with E-state index in [1.165, 1.54) is 13.8 Å². The largest absolute Gasteiger partial charge is 0.411 e. The van der Waals surface area contributed by atoms with Crippen molar-refractivity contribution in [2.75, 3.05) is 7.11 Å². The molecule has 0 aromatic heterocycles. The van der Waals surface area contributed by atoms with Gasteiger partial charge in [0.2, 0.25) is 0 Å². The fourth-order valence-corrected chi connectivity index (χ4v) is 0.145. The first-order chi connectivity index (χ1) is 4.72. The predicted molar refractivity (Wildman–Crippen MR) is 37.9 cm³/mol. The average Bonchev–Trinajstić information content (AvgIpc) is 2.05. The van der Waals surface area contributed by atoms with Gasteiger partial charge in [-0.25, -0.2) is 0 Å². The first-order valence-corrected chi connectivity index (χ1v) is 2.54. The van der Waals surface area contributed by atoms with Crippen molar-refractivity contribution >= 4 is 11.4 Å². The molecule has 0 aliphatic rings. The lowest BCUT2D eigenvalue weighted by atomic mass is 10.3. The first kappa shape index (κ1) is 11.7. The normalized spacial score (nSPS) is 12.0. The number of rotatable bonds is 1. The van der Waals surface area contributed by atoms with E-state index in [9.17, 15) is 0 Å². The Morgan fingerprint density at radius 2 is 1.10 bits per heavy atom. The van der Waals surface area contributed by atoms with Gasteiger partial charge in [0.1, 0.15) is 11.4 Å². The second-order valence-electron chi connectivity index (χ2n) is 1.37. The number of hydrogen-bond acceptors (Lipinski definition) is 5. The molecule has 0 rings (SSSR count). The van der Waals surface area contributed by atoms with Gasteiger partial charge >= 0.3 is 0 Å². The van der Waals surface area contributed by atoms with E-state index < -0.39 is 0 Å². The highest BCUT2D eigenvalue weighted by molar-refractivity contribution is 6.40. The molecule has 0 aromatic rings. The summed E-state index contributed by atoms with van der Waals surface area (Å²) in [6.07, 6.45) is 0. The molecule has 0 aliphatic heterocycles. The van der Waals surface area contributed by atoms with Crippen LogP contribution in [0, 0.1) is 0 Å². The van der Waals surface area contributed by atoms with E-state index in [1.54, 1.807) is 0 Å². The Kier molecular flexibility index (Phi) is 9.22. The number of nitrogens with zero attached hydrogens (tertiary/aromatic N) is 2. The third kappa shape index (κ3) is 5.04. The lowest BCUT2D eigenvalue weighted by Gasteiger charge is -1.88. The van der Waals surface area contributed by atoms with Gasteiger partial charge < -0.3 is 15.5 Å². The molecule has 10 heavy (non-hydrogen) atoms. The van der Waals surface area contributed by atoms with Crippen molar-refractivity contribution < 1.29 is 15.5 Å². The van der Waals surface area contributed by atoms with Gasteiger partial charge in [-0.1, -0.05) is 10.3 Å². The van der Waals surface area contributed by atoms with Crippen LogP contribution in [0.3, 0.4) is 0 Å². The fourth-order valence-electron chi connectivity index (χ4n) is 0.145. The Labute approximate surface area is 59.3 Å². The molecule has 5 heteroatoms. The van der Waals surface area contributed by atoms with E-state index in [0.717, 1.165) is 7.11 Å². The van der Waals surface area contributed by atoms with E-state index in [-0.39, 0.29) is 0 Å². The van der Waals surface area contributed by atoms with Crippen molar-refractivity contribution in [3.05, 3.63) is 0 Å². The standard InChI is InChI=1S/C4H8N2O2.CH4O/c1-3(5-7)4(2)6-8;1-2/h7-8H,1-2H3;2H,1H3/b5-3+,6-4+;. The van der Waals surface area contributed by atoms with Gasteiger partial charge in [0.25, 0.3) is 0 Å². The van der Waals surface area contributed by atoms with Gasteiger partial charge in [0, 0.05) is 7.11 Å². The zero-order chi connectivity index (χ0) is 8.57. The molecular weight excluding hydrogens is 136 g/mol. The van der Waals surface area contributed by atoms with Gasteiger partial charge in [0.15, 0.2) is 0 Å². The van der Waals surface area contributed by atoms with Crippen molar-refractivity contribution in [2.45, 2.75) is 13.8 Å². The summed E-state index contributed by atoms with van der Waals surface area (Å²) in [4.78, 5) is 0. The predicted octanol–water partition coefficient (Wildman–Crippen LogP) is 0.295. The van der Waals surface area contributed by atoms with Gasteiger partial charge in [-0.05, 0) is 13.8 Å². The summed E-state index contributed by atoms with van der Waals surface area (Å²) in [6.45, 7) is 3.07. The molecule has 0 atom stereocenters. The molecule has 0 saturated carbocycles. The van der Waals surface area contributed by atoms with Crippen LogP contribution in [0.5, 0.6) is 0 Å². The van der Waals surface area contributed by atoms with Crippen molar-refractivity contribution in [1.29, 1.82) is 0 Å². The monoisotopic (exact) mass is 148 g/mol. The molecule has 0 amide bonds. The minimum atomic E-state index is 0.313. The maximum Gasteiger partial charge on any atom is 0.101 e. The van der Waals surface area contributed by atoms with E-state index in [2.05, 4.69) is 10.3 Å². The average molecular weight is 148 g/mol. The van der Waals surface area contributed by atoms with E-state index in [4.69, 9.17) is 15.5 Å². The highest BCUT2D eigenvalue weighted by Gasteiger charge is 1.93. The van der Waals surface area contributed by atoms with Crippen LogP contribution in [-0.2, 0) is 0 Å². The van der Waals surface area contributed by atoms with Crippen LogP contribution < -0.4 is 0 Å². The second kappa shape index (κ2) is 7.90. The Morgan fingerprint density at radius 3 is 1.20 bits per heavy atom. The summed E-state index contributed by atoms with van der Waals surface area (Å²) < 4.78 is 0. The SMILES string of the molecule is CC(=N\O)/C(C)=N/O.CO. The minimum absolute atomic E-state index is 0.313. The van der Waals surface area contributed by atoms with Crippen molar-refractivity contribution in [1.82, 2.24) is 0 Å². The number of aliphatic hydroxyl groups excluding tert-OH is 1. The Morgan fingerprint density at radius 1 is 0.900 bits per heavy atom. The van der Waals surface area contributed by atoms with E-state index in [1.807, 2.05) is 0 Å². The third-order valence-corrected chi connectivity index (χ3v) is 0.824. The molecule has 60 valence electrons. The molecule has 0 aromatic carbocycles. The Bertz CT molecular complexity index is 115. The number of hydrogen-bond donors (Lipinski definition) is 3. The Balaban J connectivity index is 0. The van der Waals surface area contributed by atoms with Crippen molar-refractivity contribution in [3.63, 3.8) is 0 Å². The molecule has 0 heterocycles. The zero-order valence-electron chi connectivity index (χ0n) is 6.24. The molecule has 0 aliphatic carbocycles. The minimum Gasteiger partial charge on any atom is -0.411 e. The zero-order valence-corrected chi connectivity index (χ0v) is 6.24. The quantitative estimate of drug-likeness (QED) is 0.284. The molecular formula is C5H12N2O3. The number of oxime groups is 2. The molecule has 0 radical (unpaired) electrons. The van der Waals surface area contributed by atoms with Crippen LogP contribution in [0.15, 0.2) is 10.3 Å². The second-order valence-corrected chi connectivity index (χ2v) is 1.37. The summed E-state index contributed by atoms with van der Waals surface area (Å²) in [5.74, 6) is 0. The number of aliphatic hydroxyl groups is 1. The van der Waals surface area contributed by atoms with Crippen LogP contribution in [0.4, 0.5) is 0 Å². The van der Waals surface area contributed by atoms with Crippen molar-refractivity contribution in [2.24, 2.45) is 10.3 Å². The van der Waals surface area contributed by atoms with Crippen molar-refractivity contribution in [3.8, 4) is 0 Å². The van der Waals surface area contributed by atoms with Gasteiger partial charge in [-0.2, -0.15) is 0 Å². The van der Waals surface area contributed by atoms with E-state index >= 15 is 0 Å². The van der Waals surface area contributed by atoms with Gasteiger partial charge in [0.05, 0.1) is 0 Å². The van der Waals surface area contributed by atoms with Gasteiger partial charge in [-0.3, -0.25) is 0 Å². The Hall–Kier alpha value is -1.10. The summed E-state index contributed by atoms with van der Waals surface area (Å²) in [7, 11) is 1.00. The van der Waals surface area contributed by atoms with Crippen LogP contribution in [0.2, 0.25) is 0 Å². The smallest absolute Gasteiger partial charge is 0.101 e. The molecule has 0 saturated heterocycles. The molecule has 0 unspecified atom stereocenters. The highest BCUT2D eigenvalue weighted by atomic mass is 16.4. The maximum absolute atomic E-state index is 8.03. The summed E-state index contributed by atoms with van der Waals surface area (Å²) in [6, 6.07) is 0.